The lowest BCUT2D eigenvalue weighted by Gasteiger charge is -2.03. The Labute approximate surface area is 134 Å². The number of aromatic nitrogens is 4. The van der Waals surface area contributed by atoms with Gasteiger partial charge in [0.05, 0.1) is 11.1 Å². The van der Waals surface area contributed by atoms with Gasteiger partial charge in [0.25, 0.3) is 11.1 Å². The van der Waals surface area contributed by atoms with Gasteiger partial charge in [0, 0.05) is 18.9 Å². The standard InChI is InChI=1S/C9H12N2O3.C5H4N2O3/c1-2-3-4-11-5-7(6-12)8(13)10-9(11)14;8-2-3-1-6-5(10)7-4(3)9/h5-6H,2-4H2,1H3,(H,10,13,14);1-2H,(H2,6,7,9,10). The third kappa shape index (κ3) is 5.16. The maximum Gasteiger partial charge on any atom is 0.328 e. The van der Waals surface area contributed by atoms with Crippen LogP contribution < -0.4 is 22.5 Å². The number of carbonyl (C=O) groups is 2. The van der Waals surface area contributed by atoms with Gasteiger partial charge in [0.1, 0.15) is 0 Å². The normalized spacial score (nSPS) is 9.71. The van der Waals surface area contributed by atoms with Crippen molar-refractivity contribution in [3.8, 4) is 0 Å². The van der Waals surface area contributed by atoms with Crippen molar-refractivity contribution in [3.63, 3.8) is 0 Å². The number of unbranched alkanes of at least 4 members (excludes halogenated alkanes) is 1. The number of carbonyl (C=O) groups excluding carboxylic acids is 2. The van der Waals surface area contributed by atoms with Gasteiger partial charge in [-0.05, 0) is 6.42 Å². The van der Waals surface area contributed by atoms with E-state index in [0.29, 0.717) is 19.1 Å². The maximum absolute atomic E-state index is 11.2. The summed E-state index contributed by atoms with van der Waals surface area (Å²) in [5.74, 6) is 0. The molecule has 0 saturated heterocycles. The van der Waals surface area contributed by atoms with Crippen LogP contribution in [-0.2, 0) is 6.54 Å². The minimum atomic E-state index is -0.668. The van der Waals surface area contributed by atoms with Gasteiger partial charge in [-0.1, -0.05) is 13.3 Å². The molecule has 0 aliphatic heterocycles. The number of aromatic amines is 3. The Morgan fingerprint density at radius 2 is 1.62 bits per heavy atom. The molecule has 2 heterocycles. The minimum Gasteiger partial charge on any atom is -0.313 e. The summed E-state index contributed by atoms with van der Waals surface area (Å²) in [5.41, 5.74) is -2.47. The molecular formula is C14H16N4O6. The van der Waals surface area contributed by atoms with E-state index in [1.807, 2.05) is 11.9 Å². The third-order valence-corrected chi connectivity index (χ3v) is 2.89. The van der Waals surface area contributed by atoms with E-state index in [-0.39, 0.29) is 11.1 Å². The molecule has 0 unspecified atom stereocenters. The van der Waals surface area contributed by atoms with Crippen LogP contribution in [0.3, 0.4) is 0 Å². The first kappa shape index (κ1) is 18.7. The number of hydrogen-bond donors (Lipinski definition) is 3. The fourth-order valence-electron chi connectivity index (χ4n) is 1.61. The van der Waals surface area contributed by atoms with Gasteiger partial charge in [-0.2, -0.15) is 0 Å². The van der Waals surface area contributed by atoms with Crippen LogP contribution in [0, 0.1) is 0 Å². The predicted molar refractivity (Wildman–Crippen MR) is 84.7 cm³/mol. The maximum atomic E-state index is 11.2. The average molecular weight is 336 g/mol. The zero-order valence-electron chi connectivity index (χ0n) is 12.8. The van der Waals surface area contributed by atoms with Crippen LogP contribution in [-0.4, -0.2) is 32.1 Å². The van der Waals surface area contributed by atoms with Gasteiger partial charge < -0.3 is 4.98 Å². The molecule has 0 amide bonds. The molecule has 3 N–H and O–H groups in total. The van der Waals surface area contributed by atoms with E-state index in [1.54, 1.807) is 0 Å². The number of rotatable bonds is 5. The Morgan fingerprint density at radius 1 is 1.00 bits per heavy atom. The van der Waals surface area contributed by atoms with E-state index in [9.17, 15) is 28.8 Å². The molecule has 0 radical (unpaired) electrons. The summed E-state index contributed by atoms with van der Waals surface area (Å²) < 4.78 is 1.34. The second-order valence-corrected chi connectivity index (χ2v) is 4.65. The molecule has 2 rings (SSSR count). The summed E-state index contributed by atoms with van der Waals surface area (Å²) in [6.45, 7) is 2.52. The first-order valence-electron chi connectivity index (χ1n) is 6.99. The third-order valence-electron chi connectivity index (χ3n) is 2.89. The smallest absolute Gasteiger partial charge is 0.313 e. The first-order chi connectivity index (χ1) is 11.4. The van der Waals surface area contributed by atoms with E-state index in [2.05, 4.69) is 9.97 Å². The number of aldehydes is 2. The molecule has 0 aromatic carbocycles. The highest BCUT2D eigenvalue weighted by molar-refractivity contribution is 5.73. The topological polar surface area (TPSA) is 155 Å². The Hall–Kier alpha value is -3.30. The van der Waals surface area contributed by atoms with Crippen LogP contribution in [0.4, 0.5) is 0 Å². The highest BCUT2D eigenvalue weighted by Gasteiger charge is 2.02. The molecule has 10 nitrogen and oxygen atoms in total. The van der Waals surface area contributed by atoms with E-state index in [0.717, 1.165) is 19.0 Å². The van der Waals surface area contributed by atoms with E-state index in [4.69, 9.17) is 0 Å². The van der Waals surface area contributed by atoms with Crippen LogP contribution in [0.25, 0.3) is 0 Å². The highest BCUT2D eigenvalue weighted by Crippen LogP contribution is 1.91. The highest BCUT2D eigenvalue weighted by atomic mass is 16.2. The number of H-pyrrole nitrogens is 3. The summed E-state index contributed by atoms with van der Waals surface area (Å²) in [5, 5.41) is 0. The van der Waals surface area contributed by atoms with Gasteiger partial charge in [0.2, 0.25) is 0 Å². The number of aryl methyl sites for hydroxylation is 1. The zero-order chi connectivity index (χ0) is 18.1. The zero-order valence-corrected chi connectivity index (χ0v) is 12.8. The van der Waals surface area contributed by atoms with Gasteiger partial charge >= 0.3 is 11.4 Å². The van der Waals surface area contributed by atoms with Crippen LogP contribution >= 0.6 is 0 Å². The summed E-state index contributed by atoms with van der Waals surface area (Å²) in [7, 11) is 0. The molecule has 2 aromatic heterocycles. The van der Waals surface area contributed by atoms with Crippen molar-refractivity contribution < 1.29 is 9.59 Å². The summed E-state index contributed by atoms with van der Waals surface area (Å²) in [4.78, 5) is 69.7. The van der Waals surface area contributed by atoms with Gasteiger partial charge in [-0.3, -0.25) is 33.7 Å². The molecule has 128 valence electrons. The lowest BCUT2D eigenvalue weighted by molar-refractivity contribution is 0.111. The van der Waals surface area contributed by atoms with Crippen molar-refractivity contribution in [1.82, 2.24) is 19.5 Å². The molecule has 0 aliphatic rings. The predicted octanol–water partition coefficient (Wildman–Crippen LogP) is -0.975. The molecule has 0 aliphatic carbocycles. The molecular weight excluding hydrogens is 320 g/mol. The molecule has 24 heavy (non-hydrogen) atoms. The summed E-state index contributed by atoms with van der Waals surface area (Å²) in [6.07, 6.45) is 4.96. The molecule has 0 fully saturated rings. The number of hydrogen-bond acceptors (Lipinski definition) is 6. The molecule has 10 heteroatoms. The van der Waals surface area contributed by atoms with Crippen LogP contribution in [0.5, 0.6) is 0 Å². The monoisotopic (exact) mass is 336 g/mol. The van der Waals surface area contributed by atoms with Crippen molar-refractivity contribution >= 4 is 12.6 Å². The van der Waals surface area contributed by atoms with Crippen LogP contribution in [0.1, 0.15) is 40.5 Å². The van der Waals surface area contributed by atoms with Crippen molar-refractivity contribution in [3.05, 3.63) is 65.2 Å². The molecule has 0 bridgehead atoms. The van der Waals surface area contributed by atoms with E-state index >= 15 is 0 Å². The van der Waals surface area contributed by atoms with Gasteiger partial charge in [-0.25, -0.2) is 9.59 Å². The average Bonchev–Trinajstić information content (AvgIpc) is 2.55. The Balaban J connectivity index is 0.000000254. The lowest BCUT2D eigenvalue weighted by atomic mass is 10.3. The van der Waals surface area contributed by atoms with Crippen LogP contribution in [0.2, 0.25) is 0 Å². The van der Waals surface area contributed by atoms with E-state index in [1.165, 1.54) is 10.8 Å². The second kappa shape index (κ2) is 8.98. The molecule has 2 aromatic rings. The largest absolute Gasteiger partial charge is 0.328 e. The number of nitrogens with one attached hydrogen (secondary N) is 3. The minimum absolute atomic E-state index is 0.0132. The Kier molecular flexibility index (Phi) is 7.01. The SMILES string of the molecule is CCCCn1cc(C=O)c(=O)[nH]c1=O.O=Cc1c[nH]c(=O)[nH]c1=O. The van der Waals surface area contributed by atoms with Crippen molar-refractivity contribution in [1.29, 1.82) is 0 Å². The van der Waals surface area contributed by atoms with Gasteiger partial charge in [-0.15, -0.1) is 0 Å². The van der Waals surface area contributed by atoms with Crippen LogP contribution in [0.15, 0.2) is 31.6 Å². The van der Waals surface area contributed by atoms with Crippen molar-refractivity contribution in [2.45, 2.75) is 26.3 Å². The van der Waals surface area contributed by atoms with Gasteiger partial charge in [0.15, 0.2) is 12.6 Å². The van der Waals surface area contributed by atoms with Crippen molar-refractivity contribution in [2.24, 2.45) is 0 Å². The summed E-state index contributed by atoms with van der Waals surface area (Å²) in [6, 6.07) is 0. The fourth-order valence-corrected chi connectivity index (χ4v) is 1.61. The Morgan fingerprint density at radius 3 is 2.17 bits per heavy atom. The molecule has 0 atom stereocenters. The second-order valence-electron chi connectivity index (χ2n) is 4.65. The fraction of sp³-hybridized carbons (Fsp3) is 0.286. The molecule has 0 spiro atoms. The number of nitrogens with zero attached hydrogens (tertiary/aromatic N) is 1. The molecule has 0 saturated carbocycles. The van der Waals surface area contributed by atoms with Crippen molar-refractivity contribution in [2.75, 3.05) is 0 Å². The van der Waals surface area contributed by atoms with E-state index < -0.39 is 22.5 Å². The first-order valence-corrected chi connectivity index (χ1v) is 6.99. The quantitative estimate of drug-likeness (QED) is 0.596. The Bertz CT molecular complexity index is 934. The summed E-state index contributed by atoms with van der Waals surface area (Å²) >= 11 is 0. The lowest BCUT2D eigenvalue weighted by Crippen LogP contribution is -2.31.